The molecule has 0 saturated heterocycles. The van der Waals surface area contributed by atoms with Crippen LogP contribution in [0, 0.1) is 0 Å². The zero-order chi connectivity index (χ0) is 10.5. The van der Waals surface area contributed by atoms with Crippen LogP contribution in [0.2, 0.25) is 0 Å². The van der Waals surface area contributed by atoms with E-state index in [4.69, 9.17) is 0 Å². The number of hydrogen-bond donors (Lipinski definition) is 1. The minimum atomic E-state index is -0.0273. The third kappa shape index (κ3) is 2.81. The second kappa shape index (κ2) is 4.60. The van der Waals surface area contributed by atoms with Crippen molar-refractivity contribution in [2.45, 2.75) is 12.8 Å². The van der Waals surface area contributed by atoms with E-state index in [0.29, 0.717) is 0 Å². The maximum absolute atomic E-state index is 11.0. The molecule has 1 aromatic heterocycles. The fourth-order valence-electron chi connectivity index (χ4n) is 1.58. The largest absolute Gasteiger partial charge is 0.329 e. The topological polar surface area (TPSA) is 32.9 Å². The van der Waals surface area contributed by atoms with Crippen molar-refractivity contribution in [2.24, 2.45) is 0 Å². The van der Waals surface area contributed by atoms with Gasteiger partial charge in [-0.15, -0.1) is 0 Å². The van der Waals surface area contributed by atoms with Crippen LogP contribution in [0.1, 0.15) is 11.1 Å². The predicted molar refractivity (Wildman–Crippen MR) is 60.9 cm³/mol. The fraction of sp³-hybridized carbons (Fsp3) is 0.154. The molecule has 0 radical (unpaired) electrons. The van der Waals surface area contributed by atoms with Crippen molar-refractivity contribution in [2.75, 3.05) is 0 Å². The molecule has 0 aliphatic carbocycles. The summed E-state index contributed by atoms with van der Waals surface area (Å²) >= 11 is 0. The summed E-state index contributed by atoms with van der Waals surface area (Å²) in [6.07, 6.45) is 3.58. The van der Waals surface area contributed by atoms with Crippen LogP contribution in [0.3, 0.4) is 0 Å². The fourth-order valence-corrected chi connectivity index (χ4v) is 1.58. The molecule has 2 nitrogen and oxygen atoms in total. The summed E-state index contributed by atoms with van der Waals surface area (Å²) in [6.45, 7) is 0. The van der Waals surface area contributed by atoms with Crippen LogP contribution in [0.15, 0.2) is 53.5 Å². The normalized spacial score (nSPS) is 10.1. The van der Waals surface area contributed by atoms with Gasteiger partial charge in [0.25, 0.3) is 0 Å². The van der Waals surface area contributed by atoms with E-state index in [2.05, 4.69) is 17.1 Å². The van der Waals surface area contributed by atoms with Gasteiger partial charge in [0.15, 0.2) is 0 Å². The number of benzene rings is 1. The number of aromatic nitrogens is 1. The van der Waals surface area contributed by atoms with E-state index in [9.17, 15) is 4.79 Å². The molecule has 0 spiro atoms. The van der Waals surface area contributed by atoms with Gasteiger partial charge in [-0.1, -0.05) is 30.3 Å². The van der Waals surface area contributed by atoms with Crippen LogP contribution in [0.4, 0.5) is 0 Å². The molecule has 0 saturated carbocycles. The number of pyridine rings is 1. The summed E-state index contributed by atoms with van der Waals surface area (Å²) in [6, 6.07) is 13.9. The Morgan fingerprint density at radius 3 is 2.40 bits per heavy atom. The van der Waals surface area contributed by atoms with Crippen molar-refractivity contribution in [1.82, 2.24) is 4.98 Å². The standard InChI is InChI=1S/C13H13NO/c15-13-10-12(8-9-14-13)7-6-11-4-2-1-3-5-11/h1-5,8-10H,6-7H2,(H,14,15). The van der Waals surface area contributed by atoms with E-state index in [0.717, 1.165) is 18.4 Å². The molecule has 0 aliphatic rings. The Labute approximate surface area is 88.6 Å². The molecule has 2 rings (SSSR count). The summed E-state index contributed by atoms with van der Waals surface area (Å²) in [4.78, 5) is 13.7. The number of aryl methyl sites for hydroxylation is 2. The molecule has 15 heavy (non-hydrogen) atoms. The second-order valence-corrected chi connectivity index (χ2v) is 3.55. The van der Waals surface area contributed by atoms with Gasteiger partial charge in [-0.2, -0.15) is 0 Å². The molecule has 1 heterocycles. The monoisotopic (exact) mass is 199 g/mol. The van der Waals surface area contributed by atoms with Gasteiger partial charge in [0.05, 0.1) is 0 Å². The summed E-state index contributed by atoms with van der Waals surface area (Å²) in [5.41, 5.74) is 2.36. The first-order chi connectivity index (χ1) is 7.34. The molecule has 76 valence electrons. The lowest BCUT2D eigenvalue weighted by Gasteiger charge is -2.00. The molecule has 0 atom stereocenters. The highest BCUT2D eigenvalue weighted by molar-refractivity contribution is 5.18. The second-order valence-electron chi connectivity index (χ2n) is 3.55. The zero-order valence-electron chi connectivity index (χ0n) is 8.44. The SMILES string of the molecule is O=c1cc(CCc2ccccc2)cc[nH]1. The highest BCUT2D eigenvalue weighted by Crippen LogP contribution is 2.04. The van der Waals surface area contributed by atoms with E-state index in [1.165, 1.54) is 5.56 Å². The third-order valence-corrected chi connectivity index (χ3v) is 2.38. The number of hydrogen-bond acceptors (Lipinski definition) is 1. The van der Waals surface area contributed by atoms with Gasteiger partial charge in [-0.3, -0.25) is 4.79 Å². The van der Waals surface area contributed by atoms with Gasteiger partial charge in [0, 0.05) is 12.3 Å². The van der Waals surface area contributed by atoms with Crippen LogP contribution < -0.4 is 5.56 Å². The predicted octanol–water partition coefficient (Wildman–Crippen LogP) is 2.16. The minimum absolute atomic E-state index is 0.0273. The molecule has 0 amide bonds. The lowest BCUT2D eigenvalue weighted by Crippen LogP contribution is -2.04. The van der Waals surface area contributed by atoms with E-state index >= 15 is 0 Å². The maximum Gasteiger partial charge on any atom is 0.248 e. The molecule has 0 unspecified atom stereocenters. The van der Waals surface area contributed by atoms with Crippen LogP contribution in [-0.4, -0.2) is 4.98 Å². The lowest BCUT2D eigenvalue weighted by atomic mass is 10.1. The molecule has 0 fully saturated rings. The highest BCUT2D eigenvalue weighted by Gasteiger charge is 1.95. The molecule has 2 heteroatoms. The van der Waals surface area contributed by atoms with Gasteiger partial charge >= 0.3 is 0 Å². The third-order valence-electron chi connectivity index (χ3n) is 2.38. The van der Waals surface area contributed by atoms with E-state index in [1.54, 1.807) is 12.3 Å². The molecule has 2 aromatic rings. The summed E-state index contributed by atoms with van der Waals surface area (Å²) in [7, 11) is 0. The summed E-state index contributed by atoms with van der Waals surface area (Å²) < 4.78 is 0. The van der Waals surface area contributed by atoms with E-state index in [-0.39, 0.29) is 5.56 Å². The average molecular weight is 199 g/mol. The van der Waals surface area contributed by atoms with E-state index in [1.807, 2.05) is 24.3 Å². The van der Waals surface area contributed by atoms with Crippen molar-refractivity contribution in [1.29, 1.82) is 0 Å². The number of H-pyrrole nitrogens is 1. The van der Waals surface area contributed by atoms with Gasteiger partial charge < -0.3 is 4.98 Å². The van der Waals surface area contributed by atoms with Crippen molar-refractivity contribution in [3.63, 3.8) is 0 Å². The quantitative estimate of drug-likeness (QED) is 0.807. The van der Waals surface area contributed by atoms with Gasteiger partial charge in [0.2, 0.25) is 5.56 Å². The average Bonchev–Trinajstić information content (AvgIpc) is 2.28. The van der Waals surface area contributed by atoms with Gasteiger partial charge in [-0.05, 0) is 30.0 Å². The zero-order valence-corrected chi connectivity index (χ0v) is 8.44. The smallest absolute Gasteiger partial charge is 0.248 e. The van der Waals surface area contributed by atoms with Crippen molar-refractivity contribution < 1.29 is 0 Å². The Morgan fingerprint density at radius 1 is 0.933 bits per heavy atom. The molecular weight excluding hydrogens is 186 g/mol. The van der Waals surface area contributed by atoms with Crippen LogP contribution in [-0.2, 0) is 12.8 Å². The number of aromatic amines is 1. The van der Waals surface area contributed by atoms with Crippen LogP contribution >= 0.6 is 0 Å². The van der Waals surface area contributed by atoms with Gasteiger partial charge in [0.1, 0.15) is 0 Å². The van der Waals surface area contributed by atoms with Crippen LogP contribution in [0.5, 0.6) is 0 Å². The Morgan fingerprint density at radius 2 is 1.67 bits per heavy atom. The first kappa shape index (κ1) is 9.71. The number of rotatable bonds is 3. The summed E-state index contributed by atoms with van der Waals surface area (Å²) in [5, 5.41) is 0. The van der Waals surface area contributed by atoms with Crippen LogP contribution in [0.25, 0.3) is 0 Å². The lowest BCUT2D eigenvalue weighted by molar-refractivity contribution is 0.951. The molecule has 0 bridgehead atoms. The number of nitrogens with one attached hydrogen (secondary N) is 1. The van der Waals surface area contributed by atoms with Crippen molar-refractivity contribution in [3.05, 3.63) is 70.1 Å². The van der Waals surface area contributed by atoms with Gasteiger partial charge in [-0.25, -0.2) is 0 Å². The van der Waals surface area contributed by atoms with Crippen molar-refractivity contribution in [3.8, 4) is 0 Å². The minimum Gasteiger partial charge on any atom is -0.329 e. The molecule has 1 N–H and O–H groups in total. The first-order valence-electron chi connectivity index (χ1n) is 5.06. The molecule has 0 aliphatic heterocycles. The Hall–Kier alpha value is -1.83. The summed E-state index contributed by atoms with van der Waals surface area (Å²) in [5.74, 6) is 0. The Balaban J connectivity index is 2.02. The Kier molecular flexibility index (Phi) is 2.98. The Bertz CT molecular complexity index is 473. The highest BCUT2D eigenvalue weighted by atomic mass is 16.1. The molecule has 1 aromatic carbocycles. The van der Waals surface area contributed by atoms with E-state index < -0.39 is 0 Å². The molecular formula is C13H13NO. The maximum atomic E-state index is 11.0. The first-order valence-corrected chi connectivity index (χ1v) is 5.06. The van der Waals surface area contributed by atoms with Crippen molar-refractivity contribution >= 4 is 0 Å².